The van der Waals surface area contributed by atoms with Crippen molar-refractivity contribution in [1.29, 1.82) is 0 Å². The molecule has 0 radical (unpaired) electrons. The maximum Gasteiger partial charge on any atom is 0.292 e. The minimum absolute atomic E-state index is 0.130. The predicted octanol–water partition coefficient (Wildman–Crippen LogP) is 2.18. The Morgan fingerprint density at radius 3 is 2.60 bits per heavy atom. The second-order valence-electron chi connectivity index (χ2n) is 5.28. The Bertz CT molecular complexity index is 590. The molecule has 1 N–H and O–H groups in total. The highest BCUT2D eigenvalue weighted by atomic mass is 16.5. The summed E-state index contributed by atoms with van der Waals surface area (Å²) in [7, 11) is 1.63. The van der Waals surface area contributed by atoms with Crippen LogP contribution in [0.1, 0.15) is 24.4 Å². The maximum absolute atomic E-state index is 12.3. The van der Waals surface area contributed by atoms with Crippen molar-refractivity contribution < 1.29 is 14.4 Å². The minimum Gasteiger partial charge on any atom is -0.394 e. The molecule has 1 aromatic carbocycles. The average Bonchev–Trinajstić information content (AvgIpc) is 2.96. The Labute approximate surface area is 117 Å². The van der Waals surface area contributed by atoms with Gasteiger partial charge in [-0.15, -0.1) is 0 Å². The fraction of sp³-hybridized carbons (Fsp3) is 0.333. The highest BCUT2D eigenvalue weighted by Gasteiger charge is 2.29. The second kappa shape index (κ2) is 5.46. The lowest BCUT2D eigenvalue weighted by Gasteiger charge is -2.32. The first-order chi connectivity index (χ1) is 9.45. The van der Waals surface area contributed by atoms with Gasteiger partial charge in [-0.25, -0.2) is 0 Å². The van der Waals surface area contributed by atoms with E-state index in [-0.39, 0.29) is 18.3 Å². The van der Waals surface area contributed by atoms with Gasteiger partial charge in [0, 0.05) is 18.7 Å². The standard InChI is InChI=1S/C15H18N2O3/c1-15(2,10-18)17(3)14(19)13-9-12(16-20-13)11-7-5-4-6-8-11/h4-9,18H,10H2,1-3H3. The van der Waals surface area contributed by atoms with Crippen molar-refractivity contribution in [1.82, 2.24) is 10.1 Å². The summed E-state index contributed by atoms with van der Waals surface area (Å²) >= 11 is 0. The van der Waals surface area contributed by atoms with Gasteiger partial charge in [-0.1, -0.05) is 35.5 Å². The predicted molar refractivity (Wildman–Crippen MR) is 75.2 cm³/mol. The first kappa shape index (κ1) is 14.3. The number of hydrogen-bond acceptors (Lipinski definition) is 4. The van der Waals surface area contributed by atoms with Crippen molar-refractivity contribution in [3.05, 3.63) is 42.2 Å². The van der Waals surface area contributed by atoms with Crippen LogP contribution in [0.5, 0.6) is 0 Å². The van der Waals surface area contributed by atoms with E-state index in [0.717, 1.165) is 5.56 Å². The second-order valence-corrected chi connectivity index (χ2v) is 5.28. The van der Waals surface area contributed by atoms with E-state index < -0.39 is 5.54 Å². The molecule has 20 heavy (non-hydrogen) atoms. The largest absolute Gasteiger partial charge is 0.394 e. The molecular weight excluding hydrogens is 256 g/mol. The molecule has 0 aliphatic rings. The molecule has 0 aliphatic heterocycles. The highest BCUT2D eigenvalue weighted by molar-refractivity contribution is 5.92. The molecule has 1 aromatic heterocycles. The molecule has 0 fully saturated rings. The van der Waals surface area contributed by atoms with Crippen LogP contribution < -0.4 is 0 Å². The van der Waals surface area contributed by atoms with Gasteiger partial charge in [-0.2, -0.15) is 0 Å². The van der Waals surface area contributed by atoms with E-state index in [1.54, 1.807) is 27.0 Å². The zero-order chi connectivity index (χ0) is 14.8. The number of nitrogens with zero attached hydrogens (tertiary/aromatic N) is 2. The number of aliphatic hydroxyl groups excluding tert-OH is 1. The van der Waals surface area contributed by atoms with E-state index in [1.807, 2.05) is 30.3 Å². The summed E-state index contributed by atoms with van der Waals surface area (Å²) < 4.78 is 5.12. The average molecular weight is 274 g/mol. The quantitative estimate of drug-likeness (QED) is 0.928. The molecule has 106 valence electrons. The minimum atomic E-state index is -0.656. The normalized spacial score (nSPS) is 11.4. The van der Waals surface area contributed by atoms with Gasteiger partial charge < -0.3 is 14.5 Å². The molecule has 0 spiro atoms. The van der Waals surface area contributed by atoms with Crippen molar-refractivity contribution in [3.63, 3.8) is 0 Å². The van der Waals surface area contributed by atoms with E-state index in [1.165, 1.54) is 4.90 Å². The number of aromatic nitrogens is 1. The van der Waals surface area contributed by atoms with Crippen LogP contribution in [0, 0.1) is 0 Å². The van der Waals surface area contributed by atoms with Gasteiger partial charge in [0.1, 0.15) is 5.69 Å². The molecule has 1 amide bonds. The summed E-state index contributed by atoms with van der Waals surface area (Å²) in [6, 6.07) is 11.1. The summed E-state index contributed by atoms with van der Waals surface area (Å²) in [6.45, 7) is 3.42. The Kier molecular flexibility index (Phi) is 3.90. The molecule has 0 aliphatic carbocycles. The highest BCUT2D eigenvalue weighted by Crippen LogP contribution is 2.21. The van der Waals surface area contributed by atoms with Crippen molar-refractivity contribution >= 4 is 5.91 Å². The van der Waals surface area contributed by atoms with Gasteiger partial charge in [0.05, 0.1) is 12.1 Å². The molecule has 0 saturated heterocycles. The Morgan fingerprint density at radius 2 is 2.00 bits per heavy atom. The molecule has 5 heteroatoms. The summed E-state index contributed by atoms with van der Waals surface area (Å²) in [5.41, 5.74) is 0.847. The summed E-state index contributed by atoms with van der Waals surface area (Å²) in [6.07, 6.45) is 0. The van der Waals surface area contributed by atoms with Crippen LogP contribution in [-0.2, 0) is 0 Å². The van der Waals surface area contributed by atoms with Crippen LogP contribution in [0.25, 0.3) is 11.3 Å². The zero-order valence-corrected chi connectivity index (χ0v) is 11.8. The number of likely N-dealkylation sites (N-methyl/N-ethyl adjacent to an activating group) is 1. The lowest BCUT2D eigenvalue weighted by molar-refractivity contribution is 0.0436. The van der Waals surface area contributed by atoms with Crippen molar-refractivity contribution in [2.75, 3.05) is 13.7 Å². The molecule has 5 nitrogen and oxygen atoms in total. The molecule has 1 heterocycles. The summed E-state index contributed by atoms with van der Waals surface area (Å²) in [5, 5.41) is 13.2. The Balaban J connectivity index is 2.23. The number of carbonyl (C=O) groups is 1. The monoisotopic (exact) mass is 274 g/mol. The number of rotatable bonds is 4. The van der Waals surface area contributed by atoms with Gasteiger partial charge in [0.15, 0.2) is 0 Å². The van der Waals surface area contributed by atoms with Crippen LogP contribution in [0.3, 0.4) is 0 Å². The summed E-state index contributed by atoms with van der Waals surface area (Å²) in [4.78, 5) is 13.7. The lowest BCUT2D eigenvalue weighted by Crippen LogP contribution is -2.47. The fourth-order valence-corrected chi connectivity index (χ4v) is 1.67. The number of hydrogen-bond donors (Lipinski definition) is 1. The Morgan fingerprint density at radius 1 is 1.35 bits per heavy atom. The first-order valence-corrected chi connectivity index (χ1v) is 6.37. The van der Waals surface area contributed by atoms with Crippen molar-refractivity contribution in [3.8, 4) is 11.3 Å². The Hall–Kier alpha value is -2.14. The van der Waals surface area contributed by atoms with Crippen LogP contribution in [0.2, 0.25) is 0 Å². The molecule has 2 aromatic rings. The SMILES string of the molecule is CN(C(=O)c1cc(-c2ccccc2)no1)C(C)(C)CO. The van der Waals surface area contributed by atoms with Gasteiger partial charge in [0.25, 0.3) is 5.91 Å². The fourth-order valence-electron chi connectivity index (χ4n) is 1.67. The third-order valence-corrected chi connectivity index (χ3v) is 3.39. The number of benzene rings is 1. The van der Waals surface area contributed by atoms with E-state index in [9.17, 15) is 9.90 Å². The maximum atomic E-state index is 12.3. The molecule has 2 rings (SSSR count). The number of carbonyl (C=O) groups excluding carboxylic acids is 1. The third kappa shape index (κ3) is 2.72. The van der Waals surface area contributed by atoms with Crippen molar-refractivity contribution in [2.45, 2.75) is 19.4 Å². The topological polar surface area (TPSA) is 66.6 Å². The molecule has 0 atom stereocenters. The van der Waals surface area contributed by atoms with Crippen molar-refractivity contribution in [2.24, 2.45) is 0 Å². The third-order valence-electron chi connectivity index (χ3n) is 3.39. The zero-order valence-electron chi connectivity index (χ0n) is 11.8. The summed E-state index contributed by atoms with van der Waals surface area (Å²) in [5.74, 6) is -0.147. The molecule has 0 bridgehead atoms. The lowest BCUT2D eigenvalue weighted by atomic mass is 10.0. The van der Waals surface area contributed by atoms with Gasteiger partial charge in [0.2, 0.25) is 5.76 Å². The molecular formula is C15H18N2O3. The van der Waals surface area contributed by atoms with Gasteiger partial charge in [-0.3, -0.25) is 4.79 Å². The van der Waals surface area contributed by atoms with Crippen LogP contribution in [-0.4, -0.2) is 40.3 Å². The van der Waals surface area contributed by atoms with E-state index in [2.05, 4.69) is 5.16 Å². The van der Waals surface area contributed by atoms with Gasteiger partial charge in [-0.05, 0) is 13.8 Å². The smallest absolute Gasteiger partial charge is 0.292 e. The van der Waals surface area contributed by atoms with Crippen LogP contribution in [0.4, 0.5) is 0 Å². The van der Waals surface area contributed by atoms with Crippen LogP contribution in [0.15, 0.2) is 40.9 Å². The van der Waals surface area contributed by atoms with Crippen LogP contribution >= 0.6 is 0 Å². The molecule has 0 saturated carbocycles. The molecule has 0 unspecified atom stereocenters. The number of aliphatic hydroxyl groups is 1. The van der Waals surface area contributed by atoms with E-state index >= 15 is 0 Å². The van der Waals surface area contributed by atoms with E-state index in [4.69, 9.17) is 4.52 Å². The van der Waals surface area contributed by atoms with E-state index in [0.29, 0.717) is 5.69 Å². The number of amides is 1. The first-order valence-electron chi connectivity index (χ1n) is 6.37. The van der Waals surface area contributed by atoms with Gasteiger partial charge >= 0.3 is 0 Å².